The van der Waals surface area contributed by atoms with Gasteiger partial charge in [0.25, 0.3) is 0 Å². The van der Waals surface area contributed by atoms with Gasteiger partial charge in [-0.05, 0) is 36.3 Å². The van der Waals surface area contributed by atoms with Crippen LogP contribution in [0.5, 0.6) is 0 Å². The molecular weight excluding hydrogens is 222 g/mol. The van der Waals surface area contributed by atoms with Gasteiger partial charge in [-0.1, -0.05) is 45.0 Å². The summed E-state index contributed by atoms with van der Waals surface area (Å²) >= 11 is 0. The zero-order chi connectivity index (χ0) is 13.3. The molecular formula is C16H25NO. The number of fused-ring (bicyclic) bond motifs is 1. The Hall–Kier alpha value is -0.860. The molecule has 0 spiro atoms. The van der Waals surface area contributed by atoms with Crippen molar-refractivity contribution >= 4 is 0 Å². The molecule has 2 N–H and O–H groups in total. The Morgan fingerprint density at radius 1 is 1.39 bits per heavy atom. The average molecular weight is 247 g/mol. The Labute approximate surface area is 110 Å². The smallest absolute Gasteiger partial charge is 0.0766 e. The molecule has 2 heteroatoms. The van der Waals surface area contributed by atoms with Gasteiger partial charge < -0.3 is 10.4 Å². The third-order valence-corrected chi connectivity index (χ3v) is 4.42. The van der Waals surface area contributed by atoms with Crippen LogP contribution in [-0.2, 0) is 6.42 Å². The van der Waals surface area contributed by atoms with E-state index >= 15 is 0 Å². The van der Waals surface area contributed by atoms with Gasteiger partial charge in [0.15, 0.2) is 0 Å². The first-order chi connectivity index (χ1) is 8.42. The molecule has 1 aliphatic rings. The highest BCUT2D eigenvalue weighted by Gasteiger charge is 2.32. The van der Waals surface area contributed by atoms with E-state index in [-0.39, 0.29) is 5.92 Å². The highest BCUT2D eigenvalue weighted by molar-refractivity contribution is 5.35. The number of nitrogens with one attached hydrogen (secondary N) is 1. The van der Waals surface area contributed by atoms with Gasteiger partial charge in [-0.15, -0.1) is 0 Å². The van der Waals surface area contributed by atoms with Crippen molar-refractivity contribution in [2.24, 2.45) is 11.8 Å². The first kappa shape index (κ1) is 13.6. The molecule has 0 saturated carbocycles. The van der Waals surface area contributed by atoms with Crippen LogP contribution in [0.2, 0.25) is 0 Å². The fourth-order valence-corrected chi connectivity index (χ4v) is 2.63. The van der Waals surface area contributed by atoms with Crippen LogP contribution in [0, 0.1) is 11.8 Å². The second kappa shape index (κ2) is 5.02. The Morgan fingerprint density at radius 2 is 2.06 bits per heavy atom. The second-order valence-corrected chi connectivity index (χ2v) is 6.25. The molecule has 0 radical (unpaired) electrons. The van der Waals surface area contributed by atoms with Crippen LogP contribution in [0.3, 0.4) is 0 Å². The molecule has 0 aromatic heterocycles. The topological polar surface area (TPSA) is 32.3 Å². The first-order valence-electron chi connectivity index (χ1n) is 6.95. The maximum atomic E-state index is 10.3. The van der Waals surface area contributed by atoms with Crippen molar-refractivity contribution in [3.05, 3.63) is 35.4 Å². The van der Waals surface area contributed by atoms with Crippen molar-refractivity contribution in [2.75, 3.05) is 6.54 Å². The summed E-state index contributed by atoms with van der Waals surface area (Å²) in [5, 5.41) is 13.9. The second-order valence-electron chi connectivity index (χ2n) is 6.25. The number of aliphatic hydroxyl groups is 1. The van der Waals surface area contributed by atoms with Crippen molar-refractivity contribution in [1.29, 1.82) is 0 Å². The van der Waals surface area contributed by atoms with Crippen LogP contribution < -0.4 is 5.32 Å². The molecule has 0 saturated heterocycles. The van der Waals surface area contributed by atoms with Crippen LogP contribution >= 0.6 is 0 Å². The van der Waals surface area contributed by atoms with Gasteiger partial charge in [0, 0.05) is 12.6 Å². The first-order valence-corrected chi connectivity index (χ1v) is 6.95. The summed E-state index contributed by atoms with van der Waals surface area (Å²) in [4.78, 5) is 0. The molecule has 100 valence electrons. The largest absolute Gasteiger partial charge is 0.389 e. The molecule has 0 amide bonds. The third-order valence-electron chi connectivity index (χ3n) is 4.42. The van der Waals surface area contributed by atoms with Crippen molar-refractivity contribution in [3.8, 4) is 0 Å². The van der Waals surface area contributed by atoms with Crippen molar-refractivity contribution in [2.45, 2.75) is 45.8 Å². The molecule has 1 aromatic carbocycles. The Kier molecular flexibility index (Phi) is 3.79. The van der Waals surface area contributed by atoms with Crippen molar-refractivity contribution < 1.29 is 5.11 Å². The highest BCUT2D eigenvalue weighted by Crippen LogP contribution is 2.35. The van der Waals surface area contributed by atoms with Gasteiger partial charge >= 0.3 is 0 Å². The van der Waals surface area contributed by atoms with Crippen LogP contribution in [0.4, 0.5) is 0 Å². The van der Waals surface area contributed by atoms with Gasteiger partial charge in [0.2, 0.25) is 0 Å². The van der Waals surface area contributed by atoms with Crippen LogP contribution in [0.25, 0.3) is 0 Å². The summed E-state index contributed by atoms with van der Waals surface area (Å²) in [7, 11) is 0. The summed E-state index contributed by atoms with van der Waals surface area (Å²) < 4.78 is 0. The lowest BCUT2D eigenvalue weighted by Crippen LogP contribution is -2.44. The number of benzene rings is 1. The number of hydrogen-bond donors (Lipinski definition) is 2. The van der Waals surface area contributed by atoms with Gasteiger partial charge in [0.05, 0.1) is 5.60 Å². The summed E-state index contributed by atoms with van der Waals surface area (Å²) in [6.07, 6.45) is 1.14. The van der Waals surface area contributed by atoms with E-state index in [0.717, 1.165) is 6.42 Å². The summed E-state index contributed by atoms with van der Waals surface area (Å²) in [5.41, 5.74) is 2.22. The standard InChI is InChI=1S/C16H25NO/c1-11(2)16(4,18)10-17-15-12(3)9-13-7-5-6-8-14(13)15/h5-8,11-12,15,17-18H,9-10H2,1-4H3. The Bertz CT molecular complexity index is 411. The van der Waals surface area contributed by atoms with E-state index in [2.05, 4.69) is 50.4 Å². The van der Waals surface area contributed by atoms with E-state index < -0.39 is 5.60 Å². The number of hydrogen-bond acceptors (Lipinski definition) is 2. The molecule has 1 aromatic rings. The molecule has 3 unspecified atom stereocenters. The lowest BCUT2D eigenvalue weighted by Gasteiger charge is -2.31. The summed E-state index contributed by atoms with van der Waals surface area (Å²) in [6.45, 7) is 8.97. The zero-order valence-corrected chi connectivity index (χ0v) is 11.9. The van der Waals surface area contributed by atoms with Gasteiger partial charge in [0.1, 0.15) is 0 Å². The normalized spacial score (nSPS) is 26.1. The predicted molar refractivity (Wildman–Crippen MR) is 75.5 cm³/mol. The molecule has 3 atom stereocenters. The van der Waals surface area contributed by atoms with E-state index in [9.17, 15) is 5.11 Å². The van der Waals surface area contributed by atoms with Gasteiger partial charge in [-0.3, -0.25) is 0 Å². The van der Waals surface area contributed by atoms with Gasteiger partial charge in [-0.2, -0.15) is 0 Å². The lowest BCUT2D eigenvalue weighted by molar-refractivity contribution is 0.0106. The quantitative estimate of drug-likeness (QED) is 0.857. The fraction of sp³-hybridized carbons (Fsp3) is 0.625. The molecule has 0 bridgehead atoms. The minimum absolute atomic E-state index is 0.261. The Morgan fingerprint density at radius 3 is 2.72 bits per heavy atom. The predicted octanol–water partition coefficient (Wildman–Crippen LogP) is 2.92. The molecule has 2 nitrogen and oxygen atoms in total. The number of rotatable bonds is 4. The average Bonchev–Trinajstić information content (AvgIpc) is 2.62. The Balaban J connectivity index is 2.07. The molecule has 0 heterocycles. The maximum absolute atomic E-state index is 10.3. The fourth-order valence-electron chi connectivity index (χ4n) is 2.63. The molecule has 18 heavy (non-hydrogen) atoms. The molecule has 2 rings (SSSR count). The minimum atomic E-state index is -0.642. The maximum Gasteiger partial charge on any atom is 0.0766 e. The van der Waals surface area contributed by atoms with Crippen molar-refractivity contribution in [3.63, 3.8) is 0 Å². The van der Waals surface area contributed by atoms with Crippen molar-refractivity contribution in [1.82, 2.24) is 5.32 Å². The molecule has 0 aliphatic heterocycles. The van der Waals surface area contributed by atoms with Crippen LogP contribution in [0.1, 0.15) is 44.9 Å². The van der Waals surface area contributed by atoms with Crippen LogP contribution in [-0.4, -0.2) is 17.3 Å². The lowest BCUT2D eigenvalue weighted by atomic mass is 9.91. The molecule has 1 aliphatic carbocycles. The SMILES string of the molecule is CC1Cc2ccccc2C1NCC(C)(O)C(C)C. The summed E-state index contributed by atoms with van der Waals surface area (Å²) in [5.74, 6) is 0.863. The monoisotopic (exact) mass is 247 g/mol. The van der Waals surface area contributed by atoms with E-state index in [4.69, 9.17) is 0 Å². The molecule has 0 fully saturated rings. The van der Waals surface area contributed by atoms with E-state index in [1.165, 1.54) is 11.1 Å². The third kappa shape index (κ3) is 2.60. The van der Waals surface area contributed by atoms with Crippen LogP contribution in [0.15, 0.2) is 24.3 Å². The summed E-state index contributed by atoms with van der Waals surface area (Å²) in [6, 6.07) is 9.02. The zero-order valence-electron chi connectivity index (χ0n) is 11.9. The van der Waals surface area contributed by atoms with Gasteiger partial charge in [-0.25, -0.2) is 0 Å². The minimum Gasteiger partial charge on any atom is -0.389 e. The van der Waals surface area contributed by atoms with E-state index in [1.807, 2.05) is 6.92 Å². The van der Waals surface area contributed by atoms with E-state index in [1.54, 1.807) is 0 Å². The highest BCUT2D eigenvalue weighted by atomic mass is 16.3. The van der Waals surface area contributed by atoms with E-state index in [0.29, 0.717) is 18.5 Å².